The molecule has 0 aliphatic heterocycles. The maximum atomic E-state index is 13.1. The van der Waals surface area contributed by atoms with Crippen molar-refractivity contribution in [3.05, 3.63) is 35.1 Å². The van der Waals surface area contributed by atoms with Gasteiger partial charge in [0, 0.05) is 0 Å². The summed E-state index contributed by atoms with van der Waals surface area (Å²) in [5.74, 6) is -0.0981. The molecule has 0 atom stereocenters. The highest BCUT2D eigenvalue weighted by molar-refractivity contribution is 5.25. The van der Waals surface area contributed by atoms with Crippen LogP contribution in [0.1, 0.15) is 24.5 Å². The number of hydrogen-bond donors (Lipinski definition) is 1. The molecule has 2 N–H and O–H groups in total. The van der Waals surface area contributed by atoms with E-state index in [2.05, 4.69) is 0 Å². The summed E-state index contributed by atoms with van der Waals surface area (Å²) in [6.45, 7) is 2.66. The molecule has 2 heteroatoms. The van der Waals surface area contributed by atoms with Crippen LogP contribution in [0.4, 0.5) is 4.39 Å². The van der Waals surface area contributed by atoms with Crippen molar-refractivity contribution in [1.82, 2.24) is 0 Å². The summed E-state index contributed by atoms with van der Waals surface area (Å²) in [6.07, 6.45) is 2.67. The minimum atomic E-state index is -0.0981. The van der Waals surface area contributed by atoms with E-state index in [-0.39, 0.29) is 5.82 Å². The summed E-state index contributed by atoms with van der Waals surface area (Å²) in [6, 6.07) is 5.32. The van der Waals surface area contributed by atoms with E-state index in [1.807, 2.05) is 19.1 Å². The van der Waals surface area contributed by atoms with Crippen molar-refractivity contribution < 1.29 is 4.39 Å². The zero-order valence-corrected chi connectivity index (χ0v) is 8.02. The highest BCUT2D eigenvalue weighted by Crippen LogP contribution is 2.12. The van der Waals surface area contributed by atoms with Gasteiger partial charge in [0.1, 0.15) is 5.82 Å². The van der Waals surface area contributed by atoms with Gasteiger partial charge in [-0.15, -0.1) is 0 Å². The lowest BCUT2D eigenvalue weighted by atomic mass is 10.0. The highest BCUT2D eigenvalue weighted by Gasteiger charge is 2.00. The number of aryl methyl sites for hydroxylation is 2. The third-order valence-corrected chi connectivity index (χ3v) is 2.16. The van der Waals surface area contributed by atoms with E-state index in [0.29, 0.717) is 6.54 Å². The molecule has 72 valence electrons. The highest BCUT2D eigenvalue weighted by atomic mass is 19.1. The molecule has 0 aliphatic carbocycles. The Balaban J connectivity index is 2.74. The Bertz CT molecular complexity index is 271. The van der Waals surface area contributed by atoms with E-state index in [1.54, 1.807) is 6.07 Å². The second-order valence-corrected chi connectivity index (χ2v) is 3.17. The van der Waals surface area contributed by atoms with Gasteiger partial charge in [0.25, 0.3) is 0 Å². The van der Waals surface area contributed by atoms with Crippen LogP contribution in [0.5, 0.6) is 0 Å². The summed E-state index contributed by atoms with van der Waals surface area (Å²) in [5.41, 5.74) is 7.39. The predicted octanol–water partition coefficient (Wildman–Crippen LogP) is 2.28. The van der Waals surface area contributed by atoms with Crippen molar-refractivity contribution in [3.63, 3.8) is 0 Å². The molecule has 0 spiro atoms. The maximum Gasteiger partial charge on any atom is 0.126 e. The average Bonchev–Trinajstić information content (AvgIpc) is 2.16. The maximum absolute atomic E-state index is 13.1. The predicted molar refractivity (Wildman–Crippen MR) is 53.2 cm³/mol. The molecule has 0 radical (unpaired) electrons. The second-order valence-electron chi connectivity index (χ2n) is 3.17. The van der Waals surface area contributed by atoms with Gasteiger partial charge < -0.3 is 5.73 Å². The number of nitrogens with two attached hydrogens (primary N) is 1. The van der Waals surface area contributed by atoms with Gasteiger partial charge in [0.05, 0.1) is 0 Å². The van der Waals surface area contributed by atoms with Crippen LogP contribution in [0.15, 0.2) is 18.2 Å². The van der Waals surface area contributed by atoms with E-state index >= 15 is 0 Å². The zero-order valence-electron chi connectivity index (χ0n) is 8.02. The first-order chi connectivity index (χ1) is 6.27. The SMILES string of the molecule is CCc1cc(CCCN)ccc1F. The fraction of sp³-hybridized carbons (Fsp3) is 0.455. The molecule has 0 aliphatic rings. The van der Waals surface area contributed by atoms with Gasteiger partial charge in [0.2, 0.25) is 0 Å². The molecule has 0 heterocycles. The van der Waals surface area contributed by atoms with Crippen molar-refractivity contribution in [2.24, 2.45) is 5.73 Å². The van der Waals surface area contributed by atoms with Crippen LogP contribution in [0.25, 0.3) is 0 Å². The first kappa shape index (κ1) is 10.2. The second kappa shape index (κ2) is 4.97. The first-order valence-corrected chi connectivity index (χ1v) is 4.75. The summed E-state index contributed by atoms with van der Waals surface area (Å²) in [4.78, 5) is 0. The van der Waals surface area contributed by atoms with Gasteiger partial charge in [-0.05, 0) is 43.0 Å². The molecule has 1 rings (SSSR count). The fourth-order valence-corrected chi connectivity index (χ4v) is 1.36. The average molecular weight is 181 g/mol. The minimum Gasteiger partial charge on any atom is -0.330 e. The smallest absolute Gasteiger partial charge is 0.126 e. The van der Waals surface area contributed by atoms with E-state index < -0.39 is 0 Å². The van der Waals surface area contributed by atoms with Crippen LogP contribution in [0.3, 0.4) is 0 Å². The van der Waals surface area contributed by atoms with Gasteiger partial charge in [-0.25, -0.2) is 4.39 Å². The summed E-state index contributed by atoms with van der Waals surface area (Å²) >= 11 is 0. The molecule has 1 aromatic rings. The van der Waals surface area contributed by atoms with E-state index in [0.717, 1.165) is 24.8 Å². The topological polar surface area (TPSA) is 26.0 Å². The molecule has 13 heavy (non-hydrogen) atoms. The van der Waals surface area contributed by atoms with Gasteiger partial charge >= 0.3 is 0 Å². The van der Waals surface area contributed by atoms with Crippen molar-refractivity contribution in [2.45, 2.75) is 26.2 Å². The Morgan fingerprint density at radius 1 is 1.38 bits per heavy atom. The number of benzene rings is 1. The Morgan fingerprint density at radius 2 is 2.15 bits per heavy atom. The van der Waals surface area contributed by atoms with Crippen LogP contribution in [0.2, 0.25) is 0 Å². The summed E-state index contributed by atoms with van der Waals surface area (Å²) in [7, 11) is 0. The van der Waals surface area contributed by atoms with Crippen LogP contribution in [-0.2, 0) is 12.8 Å². The third kappa shape index (κ3) is 2.81. The molecule has 0 aromatic heterocycles. The Labute approximate surface area is 78.8 Å². The van der Waals surface area contributed by atoms with Crippen molar-refractivity contribution in [2.75, 3.05) is 6.54 Å². The quantitative estimate of drug-likeness (QED) is 0.757. The fourth-order valence-electron chi connectivity index (χ4n) is 1.36. The molecule has 0 unspecified atom stereocenters. The van der Waals surface area contributed by atoms with Crippen LogP contribution in [0, 0.1) is 5.82 Å². The minimum absolute atomic E-state index is 0.0981. The van der Waals surface area contributed by atoms with Crippen LogP contribution < -0.4 is 5.73 Å². The van der Waals surface area contributed by atoms with Gasteiger partial charge in [-0.1, -0.05) is 19.1 Å². The summed E-state index contributed by atoms with van der Waals surface area (Å²) < 4.78 is 13.1. The van der Waals surface area contributed by atoms with Crippen LogP contribution >= 0.6 is 0 Å². The lowest BCUT2D eigenvalue weighted by Crippen LogP contribution is -2.01. The van der Waals surface area contributed by atoms with Crippen molar-refractivity contribution >= 4 is 0 Å². The molecular weight excluding hydrogens is 165 g/mol. The molecule has 0 bridgehead atoms. The Morgan fingerprint density at radius 3 is 2.77 bits per heavy atom. The van der Waals surface area contributed by atoms with Gasteiger partial charge in [0.15, 0.2) is 0 Å². The largest absolute Gasteiger partial charge is 0.330 e. The number of rotatable bonds is 4. The van der Waals surface area contributed by atoms with Crippen molar-refractivity contribution in [3.8, 4) is 0 Å². The number of hydrogen-bond acceptors (Lipinski definition) is 1. The molecular formula is C11H16FN. The van der Waals surface area contributed by atoms with E-state index in [9.17, 15) is 4.39 Å². The van der Waals surface area contributed by atoms with E-state index in [1.165, 1.54) is 5.56 Å². The first-order valence-electron chi connectivity index (χ1n) is 4.75. The zero-order chi connectivity index (χ0) is 9.68. The lowest BCUT2D eigenvalue weighted by Gasteiger charge is -2.03. The molecule has 1 aromatic carbocycles. The molecule has 0 saturated heterocycles. The Kier molecular flexibility index (Phi) is 3.90. The van der Waals surface area contributed by atoms with Crippen molar-refractivity contribution in [1.29, 1.82) is 0 Å². The Hall–Kier alpha value is -0.890. The molecule has 1 nitrogen and oxygen atoms in total. The summed E-state index contributed by atoms with van der Waals surface area (Å²) in [5, 5.41) is 0. The normalized spacial score (nSPS) is 10.4. The van der Waals surface area contributed by atoms with Gasteiger partial charge in [-0.3, -0.25) is 0 Å². The molecule has 0 saturated carbocycles. The molecule has 0 amide bonds. The van der Waals surface area contributed by atoms with E-state index in [4.69, 9.17) is 5.73 Å². The lowest BCUT2D eigenvalue weighted by molar-refractivity contribution is 0.611. The standard InChI is InChI=1S/C11H16FN/c1-2-10-8-9(4-3-7-13)5-6-11(10)12/h5-6,8H,2-4,7,13H2,1H3. The monoisotopic (exact) mass is 181 g/mol. The third-order valence-electron chi connectivity index (χ3n) is 2.16. The molecule has 0 fully saturated rings. The van der Waals surface area contributed by atoms with Gasteiger partial charge in [-0.2, -0.15) is 0 Å². The number of halogens is 1. The van der Waals surface area contributed by atoms with Crippen LogP contribution in [-0.4, -0.2) is 6.54 Å².